The van der Waals surface area contributed by atoms with Crippen molar-refractivity contribution in [1.82, 2.24) is 20.0 Å². The zero-order valence-electron chi connectivity index (χ0n) is 15.5. The lowest BCUT2D eigenvalue weighted by molar-refractivity contribution is -0.130. The summed E-state index contributed by atoms with van der Waals surface area (Å²) in [7, 11) is 1.90. The number of nitrogens with one attached hydrogen (secondary N) is 1. The number of nitrogens with zero attached hydrogens (tertiary/aromatic N) is 3. The smallest absolute Gasteiger partial charge is 0.236 e. The average Bonchev–Trinajstić information content (AvgIpc) is 3.21. The molecule has 1 aromatic carbocycles. The van der Waals surface area contributed by atoms with Gasteiger partial charge >= 0.3 is 0 Å². The number of hydrogen-bond acceptors (Lipinski definition) is 3. The van der Waals surface area contributed by atoms with Gasteiger partial charge in [-0.05, 0) is 50.3 Å². The third-order valence-corrected chi connectivity index (χ3v) is 5.31. The topological polar surface area (TPSA) is 52.2 Å². The van der Waals surface area contributed by atoms with Crippen LogP contribution in [-0.2, 0) is 11.2 Å². The maximum atomic E-state index is 12.5. The van der Waals surface area contributed by atoms with Gasteiger partial charge in [0.2, 0.25) is 5.91 Å². The van der Waals surface area contributed by atoms with Crippen LogP contribution in [0.2, 0.25) is 0 Å². The number of H-pyrrole nitrogens is 1. The predicted molar refractivity (Wildman–Crippen MR) is 99.6 cm³/mol. The van der Waals surface area contributed by atoms with Crippen molar-refractivity contribution >= 4 is 5.91 Å². The van der Waals surface area contributed by atoms with Gasteiger partial charge in [-0.3, -0.25) is 14.8 Å². The summed E-state index contributed by atoms with van der Waals surface area (Å²) in [5.74, 6) is 0.753. The molecular formula is C20H28N4O. The fraction of sp³-hybridized carbons (Fsp3) is 0.500. The molecule has 1 aromatic heterocycles. The highest BCUT2D eigenvalue weighted by Gasteiger charge is 2.26. The van der Waals surface area contributed by atoms with Crippen molar-refractivity contribution < 1.29 is 4.79 Å². The average molecular weight is 340 g/mol. The van der Waals surface area contributed by atoms with Gasteiger partial charge < -0.3 is 4.90 Å². The van der Waals surface area contributed by atoms with E-state index in [-0.39, 0.29) is 5.91 Å². The van der Waals surface area contributed by atoms with E-state index in [0.717, 1.165) is 43.9 Å². The minimum Gasteiger partial charge on any atom is -0.344 e. The molecule has 5 heteroatoms. The fourth-order valence-electron chi connectivity index (χ4n) is 3.63. The van der Waals surface area contributed by atoms with E-state index in [0.29, 0.717) is 12.5 Å². The summed E-state index contributed by atoms with van der Waals surface area (Å²) in [6, 6.07) is 10.6. The van der Waals surface area contributed by atoms with Crippen molar-refractivity contribution in [3.63, 3.8) is 0 Å². The largest absolute Gasteiger partial charge is 0.344 e. The highest BCUT2D eigenvalue weighted by Crippen LogP contribution is 2.26. The Morgan fingerprint density at radius 3 is 2.76 bits per heavy atom. The van der Waals surface area contributed by atoms with Crippen LogP contribution in [0.25, 0.3) is 0 Å². The van der Waals surface area contributed by atoms with Crippen LogP contribution >= 0.6 is 0 Å². The van der Waals surface area contributed by atoms with Crippen LogP contribution in [0.1, 0.15) is 34.9 Å². The van der Waals surface area contributed by atoms with Crippen molar-refractivity contribution in [2.24, 2.45) is 0 Å². The Hall–Kier alpha value is -2.14. The van der Waals surface area contributed by atoms with Crippen LogP contribution < -0.4 is 0 Å². The molecule has 1 unspecified atom stereocenters. The van der Waals surface area contributed by atoms with Crippen LogP contribution in [0.3, 0.4) is 0 Å². The molecule has 0 aliphatic carbocycles. The number of aromatic amines is 1. The molecule has 1 atom stereocenters. The van der Waals surface area contributed by atoms with Crippen LogP contribution in [0.5, 0.6) is 0 Å². The first kappa shape index (κ1) is 17.7. The molecule has 2 aromatic rings. The lowest BCUT2D eigenvalue weighted by atomic mass is 9.99. The molecule has 0 bridgehead atoms. The molecule has 1 aliphatic heterocycles. The van der Waals surface area contributed by atoms with Crippen molar-refractivity contribution in [2.75, 3.05) is 33.2 Å². The molecular weight excluding hydrogens is 312 g/mol. The fourth-order valence-corrected chi connectivity index (χ4v) is 3.63. The molecule has 134 valence electrons. The molecule has 1 N–H and O–H groups in total. The normalized spacial score (nSPS) is 17.8. The molecule has 3 rings (SSSR count). The molecule has 0 radical (unpaired) electrons. The standard InChI is InChI=1S/C20H28N4O/c1-15-19(16(2)22-21-15)10-11-23(3)20(25)14-24-12-9-18(13-24)17-7-5-4-6-8-17/h4-8,18H,9-14H2,1-3H3,(H,21,22). The number of hydrogen-bond donors (Lipinski definition) is 1. The Balaban J connectivity index is 1.47. The van der Waals surface area contributed by atoms with E-state index in [1.807, 2.05) is 25.8 Å². The van der Waals surface area contributed by atoms with Gasteiger partial charge in [0.25, 0.3) is 0 Å². The summed E-state index contributed by atoms with van der Waals surface area (Å²) in [6.07, 6.45) is 1.98. The Bertz CT molecular complexity index is 690. The van der Waals surface area contributed by atoms with Gasteiger partial charge in [-0.2, -0.15) is 5.10 Å². The Morgan fingerprint density at radius 1 is 1.32 bits per heavy atom. The van der Waals surface area contributed by atoms with Gasteiger partial charge in [0.15, 0.2) is 0 Å². The second-order valence-corrected chi connectivity index (χ2v) is 7.11. The number of aromatic nitrogens is 2. The van der Waals surface area contributed by atoms with E-state index < -0.39 is 0 Å². The van der Waals surface area contributed by atoms with E-state index >= 15 is 0 Å². The summed E-state index contributed by atoms with van der Waals surface area (Å²) in [5.41, 5.74) is 4.74. The lowest BCUT2D eigenvalue weighted by Gasteiger charge is -2.22. The molecule has 1 aliphatic rings. The molecule has 1 saturated heterocycles. The number of carbonyl (C=O) groups excluding carboxylic acids is 1. The maximum absolute atomic E-state index is 12.5. The molecule has 0 spiro atoms. The molecule has 0 saturated carbocycles. The molecule has 1 fully saturated rings. The Kier molecular flexibility index (Phi) is 5.53. The van der Waals surface area contributed by atoms with Gasteiger partial charge in [-0.25, -0.2) is 0 Å². The second-order valence-electron chi connectivity index (χ2n) is 7.11. The van der Waals surface area contributed by atoms with E-state index in [1.54, 1.807) is 0 Å². The van der Waals surface area contributed by atoms with Crippen LogP contribution in [-0.4, -0.2) is 59.1 Å². The number of amides is 1. The summed E-state index contributed by atoms with van der Waals surface area (Å²) < 4.78 is 0. The Morgan fingerprint density at radius 2 is 2.08 bits per heavy atom. The van der Waals surface area contributed by atoms with Crippen LogP contribution in [0.4, 0.5) is 0 Å². The summed E-state index contributed by atoms with van der Waals surface area (Å²) >= 11 is 0. The zero-order valence-corrected chi connectivity index (χ0v) is 15.5. The van der Waals surface area contributed by atoms with E-state index in [4.69, 9.17) is 0 Å². The SMILES string of the molecule is Cc1n[nH]c(C)c1CCN(C)C(=O)CN1CCC(c2ccccc2)C1. The number of aryl methyl sites for hydroxylation is 2. The van der Waals surface area contributed by atoms with Crippen molar-refractivity contribution in [1.29, 1.82) is 0 Å². The summed E-state index contributed by atoms with van der Waals surface area (Å²) in [5, 5.41) is 7.23. The third-order valence-electron chi connectivity index (χ3n) is 5.31. The molecule has 2 heterocycles. The highest BCUT2D eigenvalue weighted by atomic mass is 16.2. The van der Waals surface area contributed by atoms with Crippen molar-refractivity contribution in [3.05, 3.63) is 52.8 Å². The van der Waals surface area contributed by atoms with Gasteiger partial charge in [0.1, 0.15) is 0 Å². The molecule has 1 amide bonds. The summed E-state index contributed by atoms with van der Waals surface area (Å²) in [4.78, 5) is 16.7. The van der Waals surface area contributed by atoms with Crippen LogP contribution in [0.15, 0.2) is 30.3 Å². The predicted octanol–water partition coefficient (Wildman–Crippen LogP) is 2.52. The zero-order chi connectivity index (χ0) is 17.8. The minimum atomic E-state index is 0.201. The van der Waals surface area contributed by atoms with Gasteiger partial charge in [0.05, 0.1) is 12.2 Å². The monoisotopic (exact) mass is 340 g/mol. The number of likely N-dealkylation sites (N-methyl/N-ethyl adjacent to an activating group) is 1. The number of carbonyl (C=O) groups is 1. The first-order chi connectivity index (χ1) is 12.0. The van der Waals surface area contributed by atoms with Crippen LogP contribution in [0, 0.1) is 13.8 Å². The van der Waals surface area contributed by atoms with Gasteiger partial charge in [-0.1, -0.05) is 30.3 Å². The van der Waals surface area contributed by atoms with Gasteiger partial charge in [0, 0.05) is 25.8 Å². The van der Waals surface area contributed by atoms with E-state index in [9.17, 15) is 4.79 Å². The summed E-state index contributed by atoms with van der Waals surface area (Å²) in [6.45, 7) is 7.27. The first-order valence-corrected chi connectivity index (χ1v) is 9.06. The van der Waals surface area contributed by atoms with Crippen molar-refractivity contribution in [3.8, 4) is 0 Å². The molecule has 25 heavy (non-hydrogen) atoms. The quantitative estimate of drug-likeness (QED) is 0.879. The Labute approximate surface area is 150 Å². The maximum Gasteiger partial charge on any atom is 0.236 e. The number of benzene rings is 1. The molecule has 5 nitrogen and oxygen atoms in total. The van der Waals surface area contributed by atoms with E-state index in [1.165, 1.54) is 11.1 Å². The van der Waals surface area contributed by atoms with Gasteiger partial charge in [-0.15, -0.1) is 0 Å². The number of likely N-dealkylation sites (tertiary alicyclic amines) is 1. The van der Waals surface area contributed by atoms with E-state index in [2.05, 4.69) is 45.4 Å². The first-order valence-electron chi connectivity index (χ1n) is 9.06. The van der Waals surface area contributed by atoms with Crippen molar-refractivity contribution in [2.45, 2.75) is 32.6 Å². The number of rotatable bonds is 6. The highest BCUT2D eigenvalue weighted by molar-refractivity contribution is 5.78. The minimum absolute atomic E-state index is 0.201. The third kappa shape index (κ3) is 4.28. The second kappa shape index (κ2) is 7.83. The lowest BCUT2D eigenvalue weighted by Crippen LogP contribution is -2.38.